The van der Waals surface area contributed by atoms with Gasteiger partial charge in [-0.15, -0.1) is 0 Å². The van der Waals surface area contributed by atoms with Crippen molar-refractivity contribution in [2.24, 2.45) is 5.92 Å². The first-order chi connectivity index (χ1) is 17.5. The molecule has 192 valence electrons. The lowest BCUT2D eigenvalue weighted by molar-refractivity contribution is -0.133. The number of H-pyrrole nitrogens is 1. The maximum absolute atomic E-state index is 13.3. The Labute approximate surface area is 214 Å². The van der Waals surface area contributed by atoms with Gasteiger partial charge in [0.05, 0.1) is 11.6 Å². The largest absolute Gasteiger partial charge is 0.361 e. The maximum atomic E-state index is 13.3. The van der Waals surface area contributed by atoms with Crippen LogP contribution in [0.3, 0.4) is 0 Å². The third-order valence-electron chi connectivity index (χ3n) is 7.25. The summed E-state index contributed by atoms with van der Waals surface area (Å²) in [6.45, 7) is 5.44. The second-order valence-electron chi connectivity index (χ2n) is 10.5. The summed E-state index contributed by atoms with van der Waals surface area (Å²) in [6, 6.07) is 18.2. The molecule has 6 heteroatoms. The molecule has 3 aromatic rings. The van der Waals surface area contributed by atoms with Crippen molar-refractivity contribution in [3.8, 4) is 0 Å². The van der Waals surface area contributed by atoms with Crippen molar-refractivity contribution in [2.75, 3.05) is 13.1 Å². The number of fused-ring (bicyclic) bond motifs is 1. The van der Waals surface area contributed by atoms with E-state index >= 15 is 0 Å². The molecule has 2 amide bonds. The fourth-order valence-corrected chi connectivity index (χ4v) is 5.09. The van der Waals surface area contributed by atoms with Crippen molar-refractivity contribution in [1.29, 1.82) is 0 Å². The number of amides is 2. The predicted molar refractivity (Wildman–Crippen MR) is 146 cm³/mol. The SMILES string of the molecule is CC(C)C[C@H](NC1(C(=O)NCCc2c[nH]c3ccccc23)CCC1)C(=O)NCCCc1ccccc1. The molecule has 1 fully saturated rings. The molecule has 1 saturated carbocycles. The van der Waals surface area contributed by atoms with Crippen LogP contribution < -0.4 is 16.0 Å². The van der Waals surface area contributed by atoms with E-state index in [1.807, 2.05) is 36.5 Å². The number of aryl methyl sites for hydroxylation is 1. The molecule has 6 nitrogen and oxygen atoms in total. The van der Waals surface area contributed by atoms with Crippen LogP contribution in [0.15, 0.2) is 60.8 Å². The van der Waals surface area contributed by atoms with E-state index in [-0.39, 0.29) is 17.9 Å². The minimum Gasteiger partial charge on any atom is -0.361 e. The molecule has 1 aliphatic rings. The number of benzene rings is 2. The summed E-state index contributed by atoms with van der Waals surface area (Å²) in [5.41, 5.74) is 2.94. The predicted octanol–water partition coefficient (Wildman–Crippen LogP) is 4.50. The molecule has 4 rings (SSSR count). The second-order valence-corrected chi connectivity index (χ2v) is 10.5. The van der Waals surface area contributed by atoms with Crippen molar-refractivity contribution in [1.82, 2.24) is 20.9 Å². The summed E-state index contributed by atoms with van der Waals surface area (Å²) < 4.78 is 0. The van der Waals surface area contributed by atoms with E-state index in [9.17, 15) is 9.59 Å². The molecule has 0 spiro atoms. The molecule has 0 radical (unpaired) electrons. The number of hydrogen-bond donors (Lipinski definition) is 4. The molecule has 1 heterocycles. The Bertz CT molecular complexity index is 1130. The number of carbonyl (C=O) groups is 2. The van der Waals surface area contributed by atoms with E-state index in [0.29, 0.717) is 25.4 Å². The van der Waals surface area contributed by atoms with Crippen LogP contribution in [0.2, 0.25) is 0 Å². The molecule has 0 unspecified atom stereocenters. The normalized spacial score (nSPS) is 15.4. The highest BCUT2D eigenvalue weighted by molar-refractivity contribution is 5.89. The van der Waals surface area contributed by atoms with Crippen molar-refractivity contribution in [3.63, 3.8) is 0 Å². The number of aromatic amines is 1. The van der Waals surface area contributed by atoms with E-state index < -0.39 is 5.54 Å². The Kier molecular flexibility index (Phi) is 8.81. The van der Waals surface area contributed by atoms with Crippen molar-refractivity contribution in [3.05, 3.63) is 71.9 Å². The molecule has 0 aliphatic heterocycles. The number of para-hydroxylation sites is 1. The van der Waals surface area contributed by atoms with E-state index in [1.54, 1.807) is 0 Å². The molecule has 0 bridgehead atoms. The first kappa shape index (κ1) is 26.0. The van der Waals surface area contributed by atoms with Gasteiger partial charge >= 0.3 is 0 Å². The van der Waals surface area contributed by atoms with Crippen molar-refractivity contribution >= 4 is 22.7 Å². The minimum atomic E-state index is -0.652. The summed E-state index contributed by atoms with van der Waals surface area (Å²) in [5, 5.41) is 11.0. The zero-order chi connectivity index (χ0) is 25.4. The van der Waals surface area contributed by atoms with Gasteiger partial charge in [-0.25, -0.2) is 0 Å². The van der Waals surface area contributed by atoms with Crippen LogP contribution in [0.5, 0.6) is 0 Å². The molecule has 0 saturated heterocycles. The first-order valence-corrected chi connectivity index (χ1v) is 13.4. The summed E-state index contributed by atoms with van der Waals surface area (Å²) in [7, 11) is 0. The van der Waals surface area contributed by atoms with Crippen LogP contribution in [0.25, 0.3) is 10.9 Å². The van der Waals surface area contributed by atoms with Gasteiger partial charge in [0, 0.05) is 30.2 Å². The minimum absolute atomic E-state index is 0.00497. The fraction of sp³-hybridized carbons (Fsp3) is 0.467. The van der Waals surface area contributed by atoms with Crippen molar-refractivity contribution < 1.29 is 9.59 Å². The Morgan fingerprint density at radius 3 is 2.42 bits per heavy atom. The van der Waals surface area contributed by atoms with Crippen LogP contribution in [-0.4, -0.2) is 41.5 Å². The second kappa shape index (κ2) is 12.2. The van der Waals surface area contributed by atoms with E-state index in [4.69, 9.17) is 0 Å². The number of aromatic nitrogens is 1. The van der Waals surface area contributed by atoms with Crippen molar-refractivity contribution in [2.45, 2.75) is 70.4 Å². The standard InChI is InChI=1S/C30H40N4O2/c1-22(2)20-27(28(35)31-18-8-12-23-10-4-3-5-11-23)34-30(16-9-17-30)29(36)32-19-15-24-21-33-26-14-7-6-13-25(24)26/h3-7,10-11,13-14,21-22,27,33-34H,8-9,12,15-20H2,1-2H3,(H,31,35)(H,32,36)/t27-/m0/s1. The van der Waals surface area contributed by atoms with Crippen LogP contribution in [-0.2, 0) is 22.4 Å². The van der Waals surface area contributed by atoms with Gasteiger partial charge < -0.3 is 15.6 Å². The van der Waals surface area contributed by atoms with Crippen LogP contribution >= 0.6 is 0 Å². The van der Waals surface area contributed by atoms with Crippen LogP contribution in [0, 0.1) is 5.92 Å². The van der Waals surface area contributed by atoms with Gasteiger partial charge in [-0.05, 0) is 68.1 Å². The third kappa shape index (κ3) is 6.55. The monoisotopic (exact) mass is 488 g/mol. The average molecular weight is 489 g/mol. The van der Waals surface area contributed by atoms with E-state index in [2.05, 4.69) is 59.0 Å². The Hall–Kier alpha value is -3.12. The lowest BCUT2D eigenvalue weighted by Crippen LogP contribution is -2.66. The highest BCUT2D eigenvalue weighted by atomic mass is 16.2. The van der Waals surface area contributed by atoms with E-state index in [0.717, 1.165) is 44.0 Å². The maximum Gasteiger partial charge on any atom is 0.240 e. The lowest BCUT2D eigenvalue weighted by Gasteiger charge is -2.43. The average Bonchev–Trinajstić information content (AvgIpc) is 3.26. The highest BCUT2D eigenvalue weighted by Crippen LogP contribution is 2.33. The van der Waals surface area contributed by atoms with Crippen LogP contribution in [0.1, 0.15) is 57.1 Å². The number of nitrogens with one attached hydrogen (secondary N) is 4. The molecule has 1 atom stereocenters. The molecule has 4 N–H and O–H groups in total. The number of rotatable bonds is 13. The third-order valence-corrected chi connectivity index (χ3v) is 7.25. The van der Waals surface area contributed by atoms with Gasteiger partial charge in [0.25, 0.3) is 0 Å². The smallest absolute Gasteiger partial charge is 0.240 e. The topological polar surface area (TPSA) is 86.0 Å². The quantitative estimate of drug-likeness (QED) is 0.267. The van der Waals surface area contributed by atoms with Gasteiger partial charge in [0.15, 0.2) is 0 Å². The fourth-order valence-electron chi connectivity index (χ4n) is 5.09. The van der Waals surface area contributed by atoms with Gasteiger partial charge in [-0.2, -0.15) is 0 Å². The molecule has 2 aromatic carbocycles. The summed E-state index contributed by atoms with van der Waals surface area (Å²) in [6.07, 6.45) is 7.85. The van der Waals surface area contributed by atoms with Gasteiger partial charge in [0.2, 0.25) is 11.8 Å². The molecular formula is C30H40N4O2. The Balaban J connectivity index is 1.29. The zero-order valence-corrected chi connectivity index (χ0v) is 21.6. The summed E-state index contributed by atoms with van der Waals surface area (Å²) in [4.78, 5) is 29.7. The van der Waals surface area contributed by atoms with E-state index in [1.165, 1.54) is 16.5 Å². The van der Waals surface area contributed by atoms with Crippen LogP contribution in [0.4, 0.5) is 0 Å². The molecule has 1 aliphatic carbocycles. The first-order valence-electron chi connectivity index (χ1n) is 13.4. The lowest BCUT2D eigenvalue weighted by atomic mass is 9.75. The molecule has 1 aromatic heterocycles. The number of hydrogen-bond acceptors (Lipinski definition) is 3. The van der Waals surface area contributed by atoms with Gasteiger partial charge in [-0.1, -0.05) is 62.4 Å². The summed E-state index contributed by atoms with van der Waals surface area (Å²) >= 11 is 0. The van der Waals surface area contributed by atoms with Gasteiger partial charge in [-0.3, -0.25) is 14.9 Å². The summed E-state index contributed by atoms with van der Waals surface area (Å²) in [5.74, 6) is 0.355. The Morgan fingerprint density at radius 2 is 1.69 bits per heavy atom. The number of carbonyl (C=O) groups excluding carboxylic acids is 2. The highest BCUT2D eigenvalue weighted by Gasteiger charge is 2.46. The molecule has 36 heavy (non-hydrogen) atoms. The Morgan fingerprint density at radius 1 is 0.944 bits per heavy atom. The molecular weight excluding hydrogens is 448 g/mol. The van der Waals surface area contributed by atoms with Gasteiger partial charge in [0.1, 0.15) is 0 Å². The zero-order valence-electron chi connectivity index (χ0n) is 21.6.